The summed E-state index contributed by atoms with van der Waals surface area (Å²) < 4.78 is 10.6. The van der Waals surface area contributed by atoms with Crippen molar-refractivity contribution in [2.75, 3.05) is 18.0 Å². The average Bonchev–Trinajstić information content (AvgIpc) is 3.46. The molecule has 1 saturated heterocycles. The molecule has 3 heterocycles. The summed E-state index contributed by atoms with van der Waals surface area (Å²) in [5.74, 6) is -0.267. The van der Waals surface area contributed by atoms with Gasteiger partial charge in [0, 0.05) is 37.1 Å². The predicted molar refractivity (Wildman–Crippen MR) is 106 cm³/mol. The number of ether oxygens (including phenoxy) is 1. The molecule has 0 spiro atoms. The number of carbonyl (C=O) groups is 1. The number of rotatable bonds is 6. The topological polar surface area (TPSA) is 124 Å². The first-order valence-electron chi connectivity index (χ1n) is 9.51. The number of hydrogen-bond acceptors (Lipinski definition) is 9. The molecule has 2 aromatic heterocycles. The van der Waals surface area contributed by atoms with Crippen molar-refractivity contribution in [3.63, 3.8) is 0 Å². The maximum atomic E-state index is 12.6. The van der Waals surface area contributed by atoms with Crippen LogP contribution in [0.1, 0.15) is 42.1 Å². The standard InChI is InChI=1S/C20H19N5O5/c1-13(19-22-18(23-30-19)15-5-4-8-21-12-15)29-20(26)14-6-7-16(17(11-14)25(27)28)24-9-2-3-10-24/h4-8,11-13H,2-3,9-10H2,1H3. The zero-order valence-electron chi connectivity index (χ0n) is 16.2. The van der Waals surface area contributed by atoms with E-state index in [0.29, 0.717) is 17.1 Å². The second kappa shape index (κ2) is 8.27. The average molecular weight is 409 g/mol. The minimum absolute atomic E-state index is 0.0866. The third-order valence-corrected chi connectivity index (χ3v) is 4.85. The lowest BCUT2D eigenvalue weighted by Crippen LogP contribution is -2.19. The Morgan fingerprint density at radius 2 is 2.10 bits per heavy atom. The predicted octanol–water partition coefficient (Wildman–Crippen LogP) is 3.56. The SMILES string of the molecule is CC(OC(=O)c1ccc(N2CCCC2)c([N+](=O)[O-])c1)c1nc(-c2cccnc2)no1. The van der Waals surface area contributed by atoms with Gasteiger partial charge in [-0.05, 0) is 44.0 Å². The van der Waals surface area contributed by atoms with Crippen LogP contribution in [0.25, 0.3) is 11.4 Å². The smallest absolute Gasteiger partial charge is 0.339 e. The summed E-state index contributed by atoms with van der Waals surface area (Å²) in [6.45, 7) is 3.11. The van der Waals surface area contributed by atoms with E-state index < -0.39 is 17.0 Å². The minimum Gasteiger partial charge on any atom is -0.449 e. The molecule has 3 aromatic rings. The number of esters is 1. The number of nitro benzene ring substituents is 1. The Bertz CT molecular complexity index is 1060. The summed E-state index contributed by atoms with van der Waals surface area (Å²) in [7, 11) is 0. The van der Waals surface area contributed by atoms with Crippen LogP contribution >= 0.6 is 0 Å². The molecule has 0 radical (unpaired) electrons. The van der Waals surface area contributed by atoms with Crippen molar-refractivity contribution in [3.8, 4) is 11.4 Å². The quantitative estimate of drug-likeness (QED) is 0.341. The Hall–Kier alpha value is -3.82. The van der Waals surface area contributed by atoms with Gasteiger partial charge in [-0.25, -0.2) is 4.79 Å². The van der Waals surface area contributed by atoms with E-state index >= 15 is 0 Å². The van der Waals surface area contributed by atoms with Crippen LogP contribution in [0.2, 0.25) is 0 Å². The fraction of sp³-hybridized carbons (Fsp3) is 0.300. The van der Waals surface area contributed by atoms with Gasteiger partial charge in [-0.15, -0.1) is 0 Å². The number of pyridine rings is 1. The molecule has 0 N–H and O–H groups in total. The van der Waals surface area contributed by atoms with Crippen molar-refractivity contribution in [1.29, 1.82) is 0 Å². The molecule has 1 aliphatic rings. The van der Waals surface area contributed by atoms with E-state index in [4.69, 9.17) is 9.26 Å². The maximum Gasteiger partial charge on any atom is 0.339 e. The van der Waals surface area contributed by atoms with Crippen LogP contribution in [0.15, 0.2) is 47.2 Å². The summed E-state index contributed by atoms with van der Waals surface area (Å²) in [5, 5.41) is 15.4. The number of nitrogens with zero attached hydrogens (tertiary/aromatic N) is 5. The normalized spacial score (nSPS) is 14.5. The molecule has 0 bridgehead atoms. The second-order valence-corrected chi connectivity index (χ2v) is 6.90. The molecule has 1 atom stereocenters. The Labute approximate surface area is 171 Å². The molecule has 154 valence electrons. The molecule has 10 nitrogen and oxygen atoms in total. The van der Waals surface area contributed by atoms with Crippen molar-refractivity contribution in [3.05, 3.63) is 64.3 Å². The Kier molecular flexibility index (Phi) is 5.38. The van der Waals surface area contributed by atoms with Crippen LogP contribution in [0, 0.1) is 10.1 Å². The van der Waals surface area contributed by atoms with E-state index in [-0.39, 0.29) is 17.1 Å². The van der Waals surface area contributed by atoms with Crippen molar-refractivity contribution in [2.24, 2.45) is 0 Å². The van der Waals surface area contributed by atoms with Crippen LogP contribution in [0.5, 0.6) is 0 Å². The van der Waals surface area contributed by atoms with E-state index in [9.17, 15) is 14.9 Å². The van der Waals surface area contributed by atoms with E-state index in [0.717, 1.165) is 25.9 Å². The largest absolute Gasteiger partial charge is 0.449 e. The van der Waals surface area contributed by atoms with Crippen LogP contribution in [-0.4, -0.2) is 39.1 Å². The number of hydrogen-bond donors (Lipinski definition) is 0. The molecule has 4 rings (SSSR count). The third kappa shape index (κ3) is 3.97. The highest BCUT2D eigenvalue weighted by molar-refractivity contribution is 5.91. The molecule has 30 heavy (non-hydrogen) atoms. The van der Waals surface area contributed by atoms with Gasteiger partial charge >= 0.3 is 5.97 Å². The summed E-state index contributed by atoms with van der Waals surface area (Å²) in [5.41, 5.74) is 1.15. The highest BCUT2D eigenvalue weighted by Gasteiger charge is 2.26. The van der Waals surface area contributed by atoms with Gasteiger partial charge in [0.2, 0.25) is 5.82 Å². The van der Waals surface area contributed by atoms with E-state index in [2.05, 4.69) is 15.1 Å². The van der Waals surface area contributed by atoms with Crippen LogP contribution in [0.3, 0.4) is 0 Å². The molecule has 0 aliphatic carbocycles. The molecule has 1 aliphatic heterocycles. The molecule has 0 saturated carbocycles. The lowest BCUT2D eigenvalue weighted by molar-refractivity contribution is -0.384. The van der Waals surface area contributed by atoms with Crippen molar-refractivity contribution in [1.82, 2.24) is 15.1 Å². The maximum absolute atomic E-state index is 12.6. The van der Waals surface area contributed by atoms with Crippen molar-refractivity contribution >= 4 is 17.3 Å². The summed E-state index contributed by atoms with van der Waals surface area (Å²) in [6, 6.07) is 7.90. The van der Waals surface area contributed by atoms with E-state index in [1.54, 1.807) is 37.5 Å². The first-order chi connectivity index (χ1) is 14.5. The Balaban J connectivity index is 1.50. The fourth-order valence-corrected chi connectivity index (χ4v) is 3.31. The van der Waals surface area contributed by atoms with E-state index in [1.165, 1.54) is 12.1 Å². The monoisotopic (exact) mass is 409 g/mol. The Morgan fingerprint density at radius 3 is 2.80 bits per heavy atom. The number of nitro groups is 1. The van der Waals surface area contributed by atoms with Crippen LogP contribution in [-0.2, 0) is 4.74 Å². The lowest BCUT2D eigenvalue weighted by Gasteiger charge is -2.18. The van der Waals surface area contributed by atoms with Gasteiger partial charge in [0.1, 0.15) is 5.69 Å². The van der Waals surface area contributed by atoms with Gasteiger partial charge in [0.15, 0.2) is 6.10 Å². The first-order valence-corrected chi connectivity index (χ1v) is 9.51. The summed E-state index contributed by atoms with van der Waals surface area (Å²) in [4.78, 5) is 33.8. The third-order valence-electron chi connectivity index (χ3n) is 4.85. The molecule has 0 amide bonds. The summed E-state index contributed by atoms with van der Waals surface area (Å²) >= 11 is 0. The zero-order chi connectivity index (χ0) is 21.1. The highest BCUT2D eigenvalue weighted by atomic mass is 16.6. The van der Waals surface area contributed by atoms with Crippen LogP contribution < -0.4 is 4.90 Å². The number of benzene rings is 1. The van der Waals surface area contributed by atoms with Gasteiger partial charge in [-0.2, -0.15) is 4.98 Å². The molecule has 10 heteroatoms. The summed E-state index contributed by atoms with van der Waals surface area (Å²) in [6.07, 6.45) is 4.37. The van der Waals surface area contributed by atoms with Gasteiger partial charge in [0.05, 0.1) is 10.5 Å². The molecular weight excluding hydrogens is 390 g/mol. The fourth-order valence-electron chi connectivity index (χ4n) is 3.31. The molecular formula is C20H19N5O5. The first kappa shape index (κ1) is 19.5. The lowest BCUT2D eigenvalue weighted by atomic mass is 10.1. The number of anilines is 1. The van der Waals surface area contributed by atoms with Crippen LogP contribution in [0.4, 0.5) is 11.4 Å². The van der Waals surface area contributed by atoms with Crippen molar-refractivity contribution < 1.29 is 19.0 Å². The zero-order valence-corrected chi connectivity index (χ0v) is 16.2. The second-order valence-electron chi connectivity index (χ2n) is 6.90. The molecule has 1 aromatic carbocycles. The van der Waals surface area contributed by atoms with Gasteiger partial charge in [-0.1, -0.05) is 5.16 Å². The Morgan fingerprint density at radius 1 is 1.30 bits per heavy atom. The highest BCUT2D eigenvalue weighted by Crippen LogP contribution is 2.32. The van der Waals surface area contributed by atoms with Gasteiger partial charge in [-0.3, -0.25) is 15.1 Å². The number of carbonyl (C=O) groups excluding carboxylic acids is 1. The molecule has 1 fully saturated rings. The number of aromatic nitrogens is 3. The van der Waals surface area contributed by atoms with Crippen molar-refractivity contribution in [2.45, 2.75) is 25.9 Å². The van der Waals surface area contributed by atoms with E-state index in [1.807, 2.05) is 4.90 Å². The molecule has 1 unspecified atom stereocenters. The van der Waals surface area contributed by atoms with Gasteiger partial charge < -0.3 is 14.2 Å². The minimum atomic E-state index is -0.826. The van der Waals surface area contributed by atoms with Gasteiger partial charge in [0.25, 0.3) is 11.6 Å².